The van der Waals surface area contributed by atoms with Crippen LogP contribution in [-0.4, -0.2) is 12.5 Å². The van der Waals surface area contributed by atoms with Gasteiger partial charge in [0.05, 0.1) is 5.69 Å². The molecular weight excluding hydrogens is 267 g/mol. The van der Waals surface area contributed by atoms with Crippen molar-refractivity contribution in [1.82, 2.24) is 0 Å². The molecule has 0 aliphatic rings. The van der Waals surface area contributed by atoms with Crippen LogP contribution in [0.2, 0.25) is 0 Å². The van der Waals surface area contributed by atoms with Crippen LogP contribution in [0.25, 0.3) is 0 Å². The molecule has 0 spiro atoms. The number of benzene rings is 2. The molecule has 0 heterocycles. The van der Waals surface area contributed by atoms with Crippen molar-refractivity contribution in [2.45, 2.75) is 20.3 Å². The molecule has 2 aromatic carbocycles. The molecule has 3 nitrogen and oxygen atoms in total. The predicted octanol–water partition coefficient (Wildman–Crippen LogP) is 3.88. The predicted molar refractivity (Wildman–Crippen MR) is 84.1 cm³/mol. The third-order valence-corrected chi connectivity index (χ3v) is 3.33. The number of hydrogen-bond acceptors (Lipinski definition) is 2. The van der Waals surface area contributed by atoms with Crippen LogP contribution in [0.1, 0.15) is 17.5 Å². The summed E-state index contributed by atoms with van der Waals surface area (Å²) in [6.45, 7) is 4.42. The van der Waals surface area contributed by atoms with Crippen LogP contribution >= 0.6 is 0 Å². The second-order valence-corrected chi connectivity index (χ2v) is 5.00. The summed E-state index contributed by atoms with van der Waals surface area (Å²) in [5.74, 6) is -0.408. The monoisotopic (exact) mass is 286 g/mol. The second kappa shape index (κ2) is 6.88. The molecule has 0 aliphatic heterocycles. The number of hydrogen-bond donors (Lipinski definition) is 2. The van der Waals surface area contributed by atoms with Crippen LogP contribution in [0.15, 0.2) is 42.5 Å². The minimum Gasteiger partial charge on any atom is -0.382 e. The summed E-state index contributed by atoms with van der Waals surface area (Å²) in [6, 6.07) is 12.2. The van der Waals surface area contributed by atoms with E-state index in [4.69, 9.17) is 0 Å². The number of aryl methyl sites for hydroxylation is 2. The number of amides is 1. The lowest BCUT2D eigenvalue weighted by Crippen LogP contribution is -2.16. The number of rotatable bonds is 5. The van der Waals surface area contributed by atoms with E-state index >= 15 is 0 Å². The first-order chi connectivity index (χ1) is 10.1. The fourth-order valence-electron chi connectivity index (χ4n) is 1.96. The number of carbonyl (C=O) groups is 1. The lowest BCUT2D eigenvalue weighted by molar-refractivity contribution is -0.115. The summed E-state index contributed by atoms with van der Waals surface area (Å²) in [7, 11) is 0. The van der Waals surface area contributed by atoms with Crippen molar-refractivity contribution in [3.8, 4) is 0 Å². The van der Waals surface area contributed by atoms with Gasteiger partial charge in [-0.1, -0.05) is 18.2 Å². The molecule has 2 aromatic rings. The van der Waals surface area contributed by atoms with Crippen molar-refractivity contribution in [1.29, 1.82) is 0 Å². The second-order valence-electron chi connectivity index (χ2n) is 5.00. The van der Waals surface area contributed by atoms with Gasteiger partial charge in [0, 0.05) is 18.7 Å². The Labute approximate surface area is 124 Å². The lowest BCUT2D eigenvalue weighted by atomic mass is 10.1. The van der Waals surface area contributed by atoms with Crippen molar-refractivity contribution in [3.63, 3.8) is 0 Å². The normalized spacial score (nSPS) is 10.2. The Morgan fingerprint density at radius 1 is 1.10 bits per heavy atom. The van der Waals surface area contributed by atoms with Crippen molar-refractivity contribution >= 4 is 17.3 Å². The number of halogens is 1. The van der Waals surface area contributed by atoms with Gasteiger partial charge in [-0.05, 0) is 49.2 Å². The SMILES string of the molecule is Cc1ccc(NC(=O)CCNc2ccccc2F)cc1C. The Bertz CT molecular complexity index is 640. The molecule has 0 fully saturated rings. The highest BCUT2D eigenvalue weighted by atomic mass is 19.1. The Morgan fingerprint density at radius 2 is 1.86 bits per heavy atom. The Morgan fingerprint density at radius 3 is 2.57 bits per heavy atom. The number of nitrogens with one attached hydrogen (secondary N) is 2. The molecule has 0 atom stereocenters. The lowest BCUT2D eigenvalue weighted by Gasteiger charge is -2.09. The summed E-state index contributed by atoms with van der Waals surface area (Å²) >= 11 is 0. The molecule has 0 bridgehead atoms. The third-order valence-electron chi connectivity index (χ3n) is 3.33. The number of anilines is 2. The van der Waals surface area contributed by atoms with E-state index in [0.717, 1.165) is 11.3 Å². The van der Waals surface area contributed by atoms with E-state index in [0.29, 0.717) is 12.2 Å². The first-order valence-electron chi connectivity index (χ1n) is 6.92. The summed E-state index contributed by atoms with van der Waals surface area (Å²) in [6.07, 6.45) is 0.279. The molecule has 2 rings (SSSR count). The van der Waals surface area contributed by atoms with E-state index in [9.17, 15) is 9.18 Å². The van der Waals surface area contributed by atoms with Crippen molar-refractivity contribution in [3.05, 3.63) is 59.4 Å². The molecule has 0 aliphatic carbocycles. The molecule has 0 aromatic heterocycles. The zero-order valence-electron chi connectivity index (χ0n) is 12.2. The molecule has 1 amide bonds. The molecule has 0 saturated heterocycles. The van der Waals surface area contributed by atoms with Crippen molar-refractivity contribution < 1.29 is 9.18 Å². The fourth-order valence-corrected chi connectivity index (χ4v) is 1.96. The van der Waals surface area contributed by atoms with Gasteiger partial charge in [-0.2, -0.15) is 0 Å². The maximum Gasteiger partial charge on any atom is 0.226 e. The summed E-state index contributed by atoms with van der Waals surface area (Å²) in [5.41, 5.74) is 3.52. The van der Waals surface area contributed by atoms with Gasteiger partial charge in [-0.25, -0.2) is 4.39 Å². The van der Waals surface area contributed by atoms with Gasteiger partial charge in [0.2, 0.25) is 5.91 Å². The Hall–Kier alpha value is -2.36. The maximum atomic E-state index is 13.4. The number of carbonyl (C=O) groups excluding carboxylic acids is 1. The molecular formula is C17H19FN2O. The molecule has 110 valence electrons. The van der Waals surface area contributed by atoms with Gasteiger partial charge >= 0.3 is 0 Å². The first kappa shape index (κ1) is 15.0. The highest BCUT2D eigenvalue weighted by molar-refractivity contribution is 5.91. The van der Waals surface area contributed by atoms with E-state index in [1.54, 1.807) is 18.2 Å². The molecule has 21 heavy (non-hydrogen) atoms. The quantitative estimate of drug-likeness (QED) is 0.875. The van der Waals surface area contributed by atoms with Gasteiger partial charge in [0.15, 0.2) is 0 Å². The molecule has 0 saturated carbocycles. The fraction of sp³-hybridized carbons (Fsp3) is 0.235. The average molecular weight is 286 g/mol. The first-order valence-corrected chi connectivity index (χ1v) is 6.92. The summed E-state index contributed by atoms with van der Waals surface area (Å²) in [5, 5.41) is 5.75. The maximum absolute atomic E-state index is 13.4. The van der Waals surface area contributed by atoms with E-state index in [1.807, 2.05) is 32.0 Å². The minimum atomic E-state index is -0.313. The zero-order valence-corrected chi connectivity index (χ0v) is 12.2. The molecule has 0 radical (unpaired) electrons. The van der Waals surface area contributed by atoms with Crippen LogP contribution in [0, 0.1) is 19.7 Å². The highest BCUT2D eigenvalue weighted by Crippen LogP contribution is 2.15. The summed E-state index contributed by atoms with van der Waals surface area (Å²) < 4.78 is 13.4. The van der Waals surface area contributed by atoms with Crippen molar-refractivity contribution in [2.75, 3.05) is 17.2 Å². The Balaban J connectivity index is 1.82. The van der Waals surface area contributed by atoms with E-state index in [-0.39, 0.29) is 18.1 Å². The smallest absolute Gasteiger partial charge is 0.226 e. The van der Waals surface area contributed by atoms with E-state index < -0.39 is 0 Å². The standard InChI is InChI=1S/C17H19FN2O/c1-12-7-8-14(11-13(12)2)20-17(21)9-10-19-16-6-4-3-5-15(16)18/h3-8,11,19H,9-10H2,1-2H3,(H,20,21). The zero-order chi connectivity index (χ0) is 15.2. The molecule has 2 N–H and O–H groups in total. The minimum absolute atomic E-state index is 0.0953. The highest BCUT2D eigenvalue weighted by Gasteiger charge is 2.04. The van der Waals surface area contributed by atoms with Crippen molar-refractivity contribution in [2.24, 2.45) is 0 Å². The average Bonchev–Trinajstić information content (AvgIpc) is 2.45. The van der Waals surface area contributed by atoms with Gasteiger partial charge < -0.3 is 10.6 Å². The van der Waals surface area contributed by atoms with Crippen LogP contribution in [-0.2, 0) is 4.79 Å². The van der Waals surface area contributed by atoms with Crippen LogP contribution < -0.4 is 10.6 Å². The molecule has 4 heteroatoms. The van der Waals surface area contributed by atoms with E-state index in [1.165, 1.54) is 11.6 Å². The van der Waals surface area contributed by atoms with Gasteiger partial charge in [0.1, 0.15) is 5.82 Å². The van der Waals surface area contributed by atoms with E-state index in [2.05, 4.69) is 10.6 Å². The summed E-state index contributed by atoms with van der Waals surface area (Å²) in [4.78, 5) is 11.8. The molecule has 0 unspecified atom stereocenters. The topological polar surface area (TPSA) is 41.1 Å². The van der Waals surface area contributed by atoms with Gasteiger partial charge in [-0.15, -0.1) is 0 Å². The van der Waals surface area contributed by atoms with Crippen LogP contribution in [0.3, 0.4) is 0 Å². The van der Waals surface area contributed by atoms with Crippen LogP contribution in [0.4, 0.5) is 15.8 Å². The largest absolute Gasteiger partial charge is 0.382 e. The Kier molecular flexibility index (Phi) is 4.93. The van der Waals surface area contributed by atoms with Crippen LogP contribution in [0.5, 0.6) is 0 Å². The van der Waals surface area contributed by atoms with Gasteiger partial charge in [-0.3, -0.25) is 4.79 Å². The number of para-hydroxylation sites is 1. The van der Waals surface area contributed by atoms with Gasteiger partial charge in [0.25, 0.3) is 0 Å². The third kappa shape index (κ3) is 4.31.